The van der Waals surface area contributed by atoms with Gasteiger partial charge in [-0.2, -0.15) is 5.10 Å². The number of halogens is 2. The molecule has 0 radical (unpaired) electrons. The molecule has 0 unspecified atom stereocenters. The first-order chi connectivity index (χ1) is 8.97. The molecule has 19 heavy (non-hydrogen) atoms. The van der Waals surface area contributed by atoms with Crippen LogP contribution in [0.15, 0.2) is 24.4 Å². The van der Waals surface area contributed by atoms with E-state index >= 15 is 0 Å². The van der Waals surface area contributed by atoms with Crippen molar-refractivity contribution in [3.05, 3.63) is 46.5 Å². The number of benzene rings is 1. The molecular weight excluding hydrogens is 265 g/mol. The highest BCUT2D eigenvalue weighted by atomic mass is 35.5. The fraction of sp³-hybridized carbons (Fsp3) is 0.357. The van der Waals surface area contributed by atoms with Gasteiger partial charge in [-0.25, -0.2) is 4.39 Å². The van der Waals surface area contributed by atoms with Crippen LogP contribution >= 0.6 is 11.6 Å². The number of rotatable bonds is 4. The fourth-order valence-corrected chi connectivity index (χ4v) is 2.10. The molecule has 1 heterocycles. The number of nitrogens with one attached hydrogen (secondary N) is 1. The van der Waals surface area contributed by atoms with Gasteiger partial charge in [-0.3, -0.25) is 4.68 Å². The molecule has 2 aromatic rings. The molecule has 5 heteroatoms. The molecule has 0 aliphatic heterocycles. The molecule has 0 spiro atoms. The average Bonchev–Trinajstić information content (AvgIpc) is 2.72. The van der Waals surface area contributed by atoms with Crippen LogP contribution in [0.1, 0.15) is 31.0 Å². The van der Waals surface area contributed by atoms with Crippen molar-refractivity contribution in [3.8, 4) is 0 Å². The maximum absolute atomic E-state index is 13.3. The van der Waals surface area contributed by atoms with Crippen LogP contribution in [-0.4, -0.2) is 9.78 Å². The van der Waals surface area contributed by atoms with Crippen molar-refractivity contribution < 1.29 is 4.39 Å². The first-order valence-corrected chi connectivity index (χ1v) is 6.56. The van der Waals surface area contributed by atoms with Gasteiger partial charge in [-0.1, -0.05) is 25.4 Å². The van der Waals surface area contributed by atoms with Crippen LogP contribution in [0.4, 0.5) is 10.1 Å². The zero-order valence-corrected chi connectivity index (χ0v) is 12.0. The van der Waals surface area contributed by atoms with Crippen LogP contribution in [0.25, 0.3) is 0 Å². The van der Waals surface area contributed by atoms with Crippen molar-refractivity contribution in [3.63, 3.8) is 0 Å². The quantitative estimate of drug-likeness (QED) is 0.920. The predicted molar refractivity (Wildman–Crippen MR) is 76.0 cm³/mol. The summed E-state index contributed by atoms with van der Waals surface area (Å²) in [7, 11) is 1.90. The number of aromatic nitrogens is 2. The molecular formula is C14H17ClFN3. The van der Waals surface area contributed by atoms with E-state index in [2.05, 4.69) is 24.3 Å². The van der Waals surface area contributed by atoms with Crippen molar-refractivity contribution >= 4 is 17.3 Å². The molecule has 0 saturated carbocycles. The van der Waals surface area contributed by atoms with Gasteiger partial charge in [0.15, 0.2) is 0 Å². The molecule has 102 valence electrons. The Labute approximate surface area is 117 Å². The molecule has 0 atom stereocenters. The summed E-state index contributed by atoms with van der Waals surface area (Å²) in [5.74, 6) is -0.0538. The predicted octanol–water partition coefficient (Wildman–Crippen LogP) is 3.95. The van der Waals surface area contributed by atoms with Gasteiger partial charge < -0.3 is 5.32 Å². The van der Waals surface area contributed by atoms with Gasteiger partial charge in [0, 0.05) is 31.0 Å². The number of anilines is 1. The maximum atomic E-state index is 13.3. The monoisotopic (exact) mass is 281 g/mol. The lowest BCUT2D eigenvalue weighted by Gasteiger charge is -2.08. The summed E-state index contributed by atoms with van der Waals surface area (Å²) < 4.78 is 15.1. The molecule has 2 rings (SSSR count). The molecule has 0 aliphatic rings. The molecule has 0 amide bonds. The lowest BCUT2D eigenvalue weighted by Crippen LogP contribution is -2.02. The minimum Gasteiger partial charge on any atom is -0.381 e. The van der Waals surface area contributed by atoms with E-state index in [9.17, 15) is 4.39 Å². The van der Waals surface area contributed by atoms with E-state index in [-0.39, 0.29) is 5.02 Å². The summed E-state index contributed by atoms with van der Waals surface area (Å²) in [6.07, 6.45) is 1.98. The van der Waals surface area contributed by atoms with Crippen molar-refractivity contribution in [1.82, 2.24) is 9.78 Å². The summed E-state index contributed by atoms with van der Waals surface area (Å²) in [4.78, 5) is 0. The van der Waals surface area contributed by atoms with E-state index in [0.29, 0.717) is 18.2 Å². The molecule has 1 N–H and O–H groups in total. The molecule has 0 saturated heterocycles. The van der Waals surface area contributed by atoms with Gasteiger partial charge in [-0.15, -0.1) is 0 Å². The lowest BCUT2D eigenvalue weighted by atomic mass is 10.1. The molecule has 0 aliphatic carbocycles. The minimum atomic E-state index is -0.415. The lowest BCUT2D eigenvalue weighted by molar-refractivity contribution is 0.628. The smallest absolute Gasteiger partial charge is 0.143 e. The molecule has 1 aromatic heterocycles. The Morgan fingerprint density at radius 3 is 2.79 bits per heavy atom. The molecule has 1 aromatic carbocycles. The fourth-order valence-electron chi connectivity index (χ4n) is 1.98. The standard InChI is InChI=1S/C14H17ClFN3/c1-9(2)14-10(8-19(3)18-14)7-17-11-4-5-12(15)13(16)6-11/h4-6,8-9,17H,7H2,1-3H3. The SMILES string of the molecule is CC(C)c1nn(C)cc1CNc1ccc(Cl)c(F)c1. The van der Waals surface area contributed by atoms with Crippen molar-refractivity contribution in [2.24, 2.45) is 7.05 Å². The van der Waals surface area contributed by atoms with Crippen molar-refractivity contribution in [2.75, 3.05) is 5.32 Å². The second-order valence-corrected chi connectivity index (χ2v) is 5.26. The maximum Gasteiger partial charge on any atom is 0.143 e. The highest BCUT2D eigenvalue weighted by Gasteiger charge is 2.11. The van der Waals surface area contributed by atoms with Crippen molar-refractivity contribution in [2.45, 2.75) is 26.3 Å². The summed E-state index contributed by atoms with van der Waals surface area (Å²) >= 11 is 5.65. The number of nitrogens with zero attached hydrogens (tertiary/aromatic N) is 2. The van der Waals surface area contributed by atoms with Gasteiger partial charge in [0.1, 0.15) is 5.82 Å². The van der Waals surface area contributed by atoms with E-state index in [0.717, 1.165) is 11.3 Å². The Hall–Kier alpha value is -1.55. The molecule has 3 nitrogen and oxygen atoms in total. The van der Waals surface area contributed by atoms with E-state index in [1.807, 2.05) is 13.2 Å². The van der Waals surface area contributed by atoms with E-state index in [1.165, 1.54) is 6.07 Å². The molecule has 0 bridgehead atoms. The number of hydrogen-bond acceptors (Lipinski definition) is 2. The first kappa shape index (κ1) is 13.9. The minimum absolute atomic E-state index is 0.134. The Bertz CT molecular complexity index is 578. The summed E-state index contributed by atoms with van der Waals surface area (Å²) in [6, 6.07) is 4.70. The largest absolute Gasteiger partial charge is 0.381 e. The second-order valence-electron chi connectivity index (χ2n) is 4.85. The van der Waals surface area contributed by atoms with Gasteiger partial charge in [0.05, 0.1) is 10.7 Å². The Balaban J connectivity index is 2.12. The highest BCUT2D eigenvalue weighted by Crippen LogP contribution is 2.21. The number of aryl methyl sites for hydroxylation is 1. The normalized spacial score (nSPS) is 11.1. The Morgan fingerprint density at radius 1 is 1.42 bits per heavy atom. The second kappa shape index (κ2) is 5.61. The van der Waals surface area contributed by atoms with E-state index in [1.54, 1.807) is 16.8 Å². The molecule has 0 fully saturated rings. The summed E-state index contributed by atoms with van der Waals surface area (Å²) in [5.41, 5.74) is 2.89. The topological polar surface area (TPSA) is 29.9 Å². The highest BCUT2D eigenvalue weighted by molar-refractivity contribution is 6.30. The summed E-state index contributed by atoms with van der Waals surface area (Å²) in [5, 5.41) is 7.76. The van der Waals surface area contributed by atoms with E-state index in [4.69, 9.17) is 11.6 Å². The van der Waals surface area contributed by atoms with Gasteiger partial charge in [0.25, 0.3) is 0 Å². The third kappa shape index (κ3) is 3.26. The van der Waals surface area contributed by atoms with Crippen LogP contribution in [0.5, 0.6) is 0 Å². The van der Waals surface area contributed by atoms with E-state index < -0.39 is 5.82 Å². The average molecular weight is 282 g/mol. The zero-order valence-electron chi connectivity index (χ0n) is 11.2. The Kier molecular flexibility index (Phi) is 4.10. The van der Waals surface area contributed by atoms with Gasteiger partial charge in [-0.05, 0) is 24.1 Å². The Morgan fingerprint density at radius 2 is 2.16 bits per heavy atom. The van der Waals surface area contributed by atoms with Crippen LogP contribution in [-0.2, 0) is 13.6 Å². The summed E-state index contributed by atoms with van der Waals surface area (Å²) in [6.45, 7) is 4.82. The van der Waals surface area contributed by atoms with Crippen LogP contribution in [0, 0.1) is 5.82 Å². The third-order valence-electron chi connectivity index (χ3n) is 2.89. The first-order valence-electron chi connectivity index (χ1n) is 6.18. The zero-order chi connectivity index (χ0) is 14.0. The van der Waals surface area contributed by atoms with Crippen LogP contribution in [0.3, 0.4) is 0 Å². The van der Waals surface area contributed by atoms with Crippen LogP contribution < -0.4 is 5.32 Å². The number of hydrogen-bond donors (Lipinski definition) is 1. The van der Waals surface area contributed by atoms with Crippen molar-refractivity contribution in [1.29, 1.82) is 0 Å². The van der Waals surface area contributed by atoms with Gasteiger partial charge >= 0.3 is 0 Å². The van der Waals surface area contributed by atoms with Crippen LogP contribution in [0.2, 0.25) is 5.02 Å². The van der Waals surface area contributed by atoms with Gasteiger partial charge in [0.2, 0.25) is 0 Å². The third-order valence-corrected chi connectivity index (χ3v) is 3.19.